The largest absolute Gasteiger partial charge is 0.573 e. The van der Waals surface area contributed by atoms with Crippen LogP contribution in [0, 0.1) is 0 Å². The Kier molecular flexibility index (Phi) is 6.72. The highest BCUT2D eigenvalue weighted by Crippen LogP contribution is 2.31. The van der Waals surface area contributed by atoms with Gasteiger partial charge in [-0.25, -0.2) is 0 Å². The maximum atomic E-state index is 12.5. The topological polar surface area (TPSA) is 97.2 Å². The molecule has 1 aliphatic rings. The molecule has 29 heavy (non-hydrogen) atoms. The van der Waals surface area contributed by atoms with E-state index in [1.165, 1.54) is 0 Å². The van der Waals surface area contributed by atoms with Crippen LogP contribution in [0.5, 0.6) is 17.4 Å². The number of hydrogen-bond donors (Lipinski definition) is 2. The second-order valence-corrected chi connectivity index (χ2v) is 6.37. The third-order valence-electron chi connectivity index (χ3n) is 4.26. The van der Waals surface area contributed by atoms with Crippen molar-refractivity contribution in [2.75, 3.05) is 19.7 Å². The number of alkyl halides is 3. The summed E-state index contributed by atoms with van der Waals surface area (Å²) < 4.78 is 52.4. The molecule has 8 nitrogen and oxygen atoms in total. The number of likely N-dealkylation sites (tertiary alicyclic amines) is 1. The van der Waals surface area contributed by atoms with Gasteiger partial charge in [0.1, 0.15) is 24.7 Å². The smallest absolute Gasteiger partial charge is 0.489 e. The normalized spacial score (nSPS) is 18.4. The van der Waals surface area contributed by atoms with Crippen LogP contribution in [0.1, 0.15) is 12.0 Å². The van der Waals surface area contributed by atoms with Crippen molar-refractivity contribution >= 4 is 0 Å². The van der Waals surface area contributed by atoms with Crippen LogP contribution < -0.4 is 14.2 Å². The van der Waals surface area contributed by atoms with E-state index in [0.717, 1.165) is 17.8 Å². The van der Waals surface area contributed by atoms with Gasteiger partial charge >= 0.3 is 6.36 Å². The zero-order valence-corrected chi connectivity index (χ0v) is 15.2. The highest BCUT2D eigenvalue weighted by molar-refractivity contribution is 5.31. The van der Waals surface area contributed by atoms with Crippen molar-refractivity contribution < 1.29 is 37.6 Å². The number of ether oxygens (including phenoxy) is 3. The molecule has 0 aliphatic carbocycles. The molecule has 1 aromatic heterocycles. The Morgan fingerprint density at radius 1 is 1.21 bits per heavy atom. The van der Waals surface area contributed by atoms with Crippen LogP contribution in [0.2, 0.25) is 0 Å². The molecule has 158 valence electrons. The van der Waals surface area contributed by atoms with E-state index in [1.807, 2.05) is 0 Å². The Morgan fingerprint density at radius 3 is 2.66 bits per heavy atom. The van der Waals surface area contributed by atoms with Crippen molar-refractivity contribution in [1.82, 2.24) is 15.1 Å². The third-order valence-corrected chi connectivity index (χ3v) is 4.26. The first kappa shape index (κ1) is 21.1. The number of benzene rings is 1. The van der Waals surface area contributed by atoms with Crippen LogP contribution in [-0.4, -0.2) is 63.7 Å². The Balaban J connectivity index is 1.51. The fourth-order valence-corrected chi connectivity index (χ4v) is 2.84. The molecular formula is C18H20F3N3O5. The number of aliphatic hydroxyl groups excluding tert-OH is 2. The van der Waals surface area contributed by atoms with E-state index < -0.39 is 24.4 Å². The lowest BCUT2D eigenvalue weighted by Crippen LogP contribution is -2.38. The summed E-state index contributed by atoms with van der Waals surface area (Å²) in [4.78, 5) is 1.69. The van der Waals surface area contributed by atoms with E-state index in [-0.39, 0.29) is 25.6 Å². The molecule has 1 aliphatic heterocycles. The molecule has 2 aromatic rings. The molecule has 2 unspecified atom stereocenters. The average Bonchev–Trinajstić information content (AvgIpc) is 3.15. The first-order valence-corrected chi connectivity index (χ1v) is 8.83. The van der Waals surface area contributed by atoms with Crippen LogP contribution in [0.4, 0.5) is 13.2 Å². The Morgan fingerprint density at radius 2 is 1.97 bits per heavy atom. The number of aliphatic hydroxyl groups is 2. The van der Waals surface area contributed by atoms with E-state index in [0.29, 0.717) is 18.7 Å². The van der Waals surface area contributed by atoms with Gasteiger partial charge in [0, 0.05) is 19.2 Å². The summed E-state index contributed by atoms with van der Waals surface area (Å²) in [6.07, 6.45) is -4.73. The van der Waals surface area contributed by atoms with Crippen molar-refractivity contribution in [3.8, 4) is 17.4 Å². The zero-order valence-electron chi connectivity index (χ0n) is 15.2. The SMILES string of the molecule is OCc1ccc(OCC(O)N2CCC(Oc3nnccc3OC(F)(F)F)C2)cc1. The molecule has 0 amide bonds. The molecule has 0 spiro atoms. The molecule has 0 bridgehead atoms. The van der Waals surface area contributed by atoms with Gasteiger partial charge in [0.2, 0.25) is 0 Å². The fraction of sp³-hybridized carbons (Fsp3) is 0.444. The summed E-state index contributed by atoms with van der Waals surface area (Å²) in [6.45, 7) is 0.669. The Bertz CT molecular complexity index is 791. The van der Waals surface area contributed by atoms with Crippen LogP contribution in [0.3, 0.4) is 0 Å². The highest BCUT2D eigenvalue weighted by atomic mass is 19.4. The Labute approximate surface area is 164 Å². The molecule has 1 fully saturated rings. The van der Waals surface area contributed by atoms with Gasteiger partial charge in [-0.05, 0) is 24.1 Å². The van der Waals surface area contributed by atoms with E-state index in [1.54, 1.807) is 29.2 Å². The van der Waals surface area contributed by atoms with Crippen LogP contribution in [0.15, 0.2) is 36.5 Å². The van der Waals surface area contributed by atoms with Gasteiger partial charge in [-0.15, -0.1) is 18.3 Å². The van der Waals surface area contributed by atoms with Crippen molar-refractivity contribution in [2.45, 2.75) is 31.7 Å². The molecule has 0 saturated carbocycles. The van der Waals surface area contributed by atoms with Gasteiger partial charge < -0.3 is 24.4 Å². The number of rotatable bonds is 8. The first-order chi connectivity index (χ1) is 13.8. The van der Waals surface area contributed by atoms with Gasteiger partial charge in [-0.2, -0.15) is 5.10 Å². The average molecular weight is 415 g/mol. The lowest BCUT2D eigenvalue weighted by Gasteiger charge is -2.23. The zero-order chi connectivity index (χ0) is 20.9. The van der Waals surface area contributed by atoms with Crippen molar-refractivity contribution in [3.05, 3.63) is 42.1 Å². The summed E-state index contributed by atoms with van der Waals surface area (Å²) in [5.74, 6) is -0.380. The first-order valence-electron chi connectivity index (χ1n) is 8.83. The summed E-state index contributed by atoms with van der Waals surface area (Å²) >= 11 is 0. The summed E-state index contributed by atoms with van der Waals surface area (Å²) in [5, 5.41) is 26.4. The number of halogens is 3. The summed E-state index contributed by atoms with van der Waals surface area (Å²) in [7, 11) is 0. The minimum atomic E-state index is -4.87. The standard InChI is InChI=1S/C18H20F3N3O5/c19-18(20,21)29-15-5-7-22-23-17(15)28-14-6-8-24(9-14)16(26)11-27-13-3-1-12(10-25)2-4-13/h1-5,7,14,16,25-26H,6,8-11H2. The Hall–Kier alpha value is -2.63. The molecule has 11 heteroatoms. The highest BCUT2D eigenvalue weighted by Gasteiger charge is 2.34. The molecule has 3 rings (SSSR count). The maximum Gasteiger partial charge on any atom is 0.573 e. The van der Waals surface area contributed by atoms with E-state index in [4.69, 9.17) is 14.6 Å². The molecule has 2 atom stereocenters. The third kappa shape index (κ3) is 6.17. The van der Waals surface area contributed by atoms with Gasteiger partial charge in [-0.3, -0.25) is 4.90 Å². The quantitative estimate of drug-likeness (QED) is 0.673. The monoisotopic (exact) mass is 415 g/mol. The minimum absolute atomic E-state index is 0.00122. The van der Waals surface area contributed by atoms with Crippen molar-refractivity contribution in [1.29, 1.82) is 0 Å². The van der Waals surface area contributed by atoms with Crippen LogP contribution in [0.25, 0.3) is 0 Å². The molecule has 1 aromatic carbocycles. The van der Waals surface area contributed by atoms with Gasteiger partial charge in [0.25, 0.3) is 5.88 Å². The summed E-state index contributed by atoms with van der Waals surface area (Å²) in [5.41, 5.74) is 0.746. The summed E-state index contributed by atoms with van der Waals surface area (Å²) in [6, 6.07) is 7.81. The van der Waals surface area contributed by atoms with E-state index >= 15 is 0 Å². The van der Waals surface area contributed by atoms with Crippen LogP contribution in [-0.2, 0) is 6.61 Å². The van der Waals surface area contributed by atoms with Crippen molar-refractivity contribution in [2.24, 2.45) is 0 Å². The maximum absolute atomic E-state index is 12.5. The fourth-order valence-electron chi connectivity index (χ4n) is 2.84. The lowest BCUT2D eigenvalue weighted by molar-refractivity contribution is -0.275. The van der Waals surface area contributed by atoms with Gasteiger partial charge in [0.05, 0.1) is 12.8 Å². The number of hydrogen-bond acceptors (Lipinski definition) is 8. The van der Waals surface area contributed by atoms with Crippen LogP contribution >= 0.6 is 0 Å². The second-order valence-electron chi connectivity index (χ2n) is 6.37. The molecule has 2 heterocycles. The predicted octanol–water partition coefficient (Wildman–Crippen LogP) is 1.72. The predicted molar refractivity (Wildman–Crippen MR) is 93.2 cm³/mol. The second kappa shape index (κ2) is 9.25. The molecule has 1 saturated heterocycles. The molecular weight excluding hydrogens is 395 g/mol. The molecule has 0 radical (unpaired) electrons. The number of nitrogens with zero attached hydrogens (tertiary/aromatic N) is 3. The minimum Gasteiger partial charge on any atom is -0.489 e. The lowest BCUT2D eigenvalue weighted by atomic mass is 10.2. The van der Waals surface area contributed by atoms with E-state index in [9.17, 15) is 18.3 Å². The van der Waals surface area contributed by atoms with E-state index in [2.05, 4.69) is 14.9 Å². The van der Waals surface area contributed by atoms with Gasteiger partial charge in [0.15, 0.2) is 5.75 Å². The molecule has 2 N–H and O–H groups in total. The van der Waals surface area contributed by atoms with Crippen molar-refractivity contribution in [3.63, 3.8) is 0 Å². The van der Waals surface area contributed by atoms with Gasteiger partial charge in [-0.1, -0.05) is 12.1 Å². The number of aromatic nitrogens is 2.